The highest BCUT2D eigenvalue weighted by molar-refractivity contribution is 6.53. The van der Waals surface area contributed by atoms with Gasteiger partial charge in [-0.1, -0.05) is 52.5 Å². The standard InChI is InChI=1S/C15H9Cl4NO4/c1-2-22-15(21)20-6-4-3-5-7-12(6)24-14-11(19)9(17)8(16)10(18)13(14)23-7/h3-5H,2H2,1H3,(H,20,21). The molecule has 0 aliphatic carbocycles. The Morgan fingerprint density at radius 1 is 1.00 bits per heavy atom. The molecule has 1 aliphatic heterocycles. The molecule has 0 aromatic heterocycles. The average Bonchev–Trinajstić information content (AvgIpc) is 2.57. The molecule has 9 heteroatoms. The Morgan fingerprint density at radius 3 is 2.25 bits per heavy atom. The van der Waals surface area contributed by atoms with Gasteiger partial charge in [0.1, 0.15) is 10.0 Å². The number of hydrogen-bond donors (Lipinski definition) is 1. The van der Waals surface area contributed by atoms with Gasteiger partial charge in [-0.2, -0.15) is 0 Å². The lowest BCUT2D eigenvalue weighted by atomic mass is 10.2. The predicted octanol–water partition coefficient (Wildman–Crippen LogP) is 6.77. The molecule has 2 aromatic carbocycles. The molecule has 3 rings (SSSR count). The van der Waals surface area contributed by atoms with Crippen LogP contribution in [0.15, 0.2) is 18.2 Å². The summed E-state index contributed by atoms with van der Waals surface area (Å²) in [6, 6.07) is 4.93. The molecule has 0 saturated heterocycles. The molecule has 1 heterocycles. The lowest BCUT2D eigenvalue weighted by molar-refractivity contribution is 0.168. The third kappa shape index (κ3) is 2.93. The molecular weight excluding hydrogens is 400 g/mol. The summed E-state index contributed by atoms with van der Waals surface area (Å²) in [6.07, 6.45) is -0.626. The quantitative estimate of drug-likeness (QED) is 0.375. The zero-order valence-corrected chi connectivity index (χ0v) is 15.1. The zero-order chi connectivity index (χ0) is 17.4. The summed E-state index contributed by atoms with van der Waals surface area (Å²) in [7, 11) is 0. The van der Waals surface area contributed by atoms with Crippen LogP contribution in [-0.4, -0.2) is 12.7 Å². The number of anilines is 1. The van der Waals surface area contributed by atoms with E-state index in [-0.39, 0.29) is 43.9 Å². The highest BCUT2D eigenvalue weighted by atomic mass is 35.5. The van der Waals surface area contributed by atoms with Crippen molar-refractivity contribution >= 4 is 58.2 Å². The number of rotatable bonds is 2. The minimum absolute atomic E-state index is 0.0463. The van der Waals surface area contributed by atoms with E-state index in [9.17, 15) is 4.79 Å². The molecule has 0 unspecified atom stereocenters. The van der Waals surface area contributed by atoms with Crippen molar-refractivity contribution in [1.82, 2.24) is 0 Å². The summed E-state index contributed by atoms with van der Waals surface area (Å²) in [5.41, 5.74) is 0.342. The van der Waals surface area contributed by atoms with Crippen LogP contribution in [0.25, 0.3) is 0 Å². The van der Waals surface area contributed by atoms with Gasteiger partial charge < -0.3 is 14.2 Å². The van der Waals surface area contributed by atoms with Gasteiger partial charge >= 0.3 is 6.09 Å². The Hall–Kier alpha value is -1.53. The number of halogens is 4. The van der Waals surface area contributed by atoms with Crippen LogP contribution in [0.2, 0.25) is 20.1 Å². The molecular formula is C15H9Cl4NO4. The molecule has 1 aliphatic rings. The Bertz CT molecular complexity index is 841. The number of amides is 1. The fourth-order valence-corrected chi connectivity index (χ4v) is 2.96. The maximum absolute atomic E-state index is 11.6. The Labute approximate surface area is 157 Å². The van der Waals surface area contributed by atoms with E-state index in [2.05, 4.69) is 5.32 Å². The zero-order valence-electron chi connectivity index (χ0n) is 12.1. The van der Waals surface area contributed by atoms with E-state index in [0.717, 1.165) is 0 Å². The third-order valence-electron chi connectivity index (χ3n) is 3.09. The number of hydrogen-bond acceptors (Lipinski definition) is 4. The number of nitrogens with one attached hydrogen (secondary N) is 1. The summed E-state index contributed by atoms with van der Waals surface area (Å²) in [5, 5.41) is 2.80. The first-order valence-electron chi connectivity index (χ1n) is 6.72. The molecule has 0 spiro atoms. The van der Waals surface area contributed by atoms with Gasteiger partial charge in [0.2, 0.25) is 0 Å². The second kappa shape index (κ2) is 6.76. The molecule has 1 amide bonds. The van der Waals surface area contributed by atoms with Gasteiger partial charge in [-0.3, -0.25) is 5.32 Å². The highest BCUT2D eigenvalue weighted by Crippen LogP contribution is 2.57. The summed E-state index contributed by atoms with van der Waals surface area (Å²) < 4.78 is 16.4. The Kier molecular flexibility index (Phi) is 4.88. The lowest BCUT2D eigenvalue weighted by Gasteiger charge is -2.25. The Morgan fingerprint density at radius 2 is 1.62 bits per heavy atom. The van der Waals surface area contributed by atoms with Crippen LogP contribution in [0.1, 0.15) is 6.92 Å². The number of para-hydroxylation sites is 1. The normalized spacial score (nSPS) is 11.7. The summed E-state index contributed by atoms with van der Waals surface area (Å²) >= 11 is 24.4. The van der Waals surface area contributed by atoms with Crippen molar-refractivity contribution in [2.24, 2.45) is 0 Å². The van der Waals surface area contributed by atoms with Crippen LogP contribution in [0.3, 0.4) is 0 Å². The van der Waals surface area contributed by atoms with Crippen LogP contribution in [0.5, 0.6) is 23.0 Å². The molecule has 0 bridgehead atoms. The van der Waals surface area contributed by atoms with E-state index in [1.807, 2.05) is 0 Å². The van der Waals surface area contributed by atoms with Gasteiger partial charge in [0.15, 0.2) is 23.0 Å². The van der Waals surface area contributed by atoms with E-state index in [1.54, 1.807) is 25.1 Å². The maximum atomic E-state index is 11.6. The lowest BCUT2D eigenvalue weighted by Crippen LogP contribution is -2.14. The van der Waals surface area contributed by atoms with Crippen molar-refractivity contribution in [3.05, 3.63) is 38.3 Å². The van der Waals surface area contributed by atoms with Crippen LogP contribution < -0.4 is 14.8 Å². The van der Waals surface area contributed by atoms with Crippen molar-refractivity contribution in [3.63, 3.8) is 0 Å². The number of fused-ring (bicyclic) bond motifs is 2. The van der Waals surface area contributed by atoms with Crippen LogP contribution in [0, 0.1) is 0 Å². The number of carbonyl (C=O) groups excluding carboxylic acids is 1. The first kappa shape index (κ1) is 17.3. The molecule has 2 aromatic rings. The first-order chi connectivity index (χ1) is 11.4. The summed E-state index contributed by atoms with van der Waals surface area (Å²) in [6.45, 7) is 1.93. The molecule has 0 atom stereocenters. The van der Waals surface area contributed by atoms with Crippen LogP contribution in [-0.2, 0) is 4.74 Å². The van der Waals surface area contributed by atoms with Gasteiger partial charge in [-0.25, -0.2) is 4.79 Å². The predicted molar refractivity (Wildman–Crippen MR) is 93.7 cm³/mol. The Balaban J connectivity index is 2.05. The van der Waals surface area contributed by atoms with E-state index in [0.29, 0.717) is 11.4 Å². The van der Waals surface area contributed by atoms with Gasteiger partial charge in [0.05, 0.1) is 22.3 Å². The number of carbonyl (C=O) groups is 1. The maximum Gasteiger partial charge on any atom is 0.411 e. The SMILES string of the molecule is CCOC(=O)Nc1cccc2c1Oc1c(Cl)c(Cl)c(Cl)c(Cl)c1O2. The fraction of sp³-hybridized carbons (Fsp3) is 0.133. The van der Waals surface area contributed by atoms with Crippen molar-refractivity contribution in [1.29, 1.82) is 0 Å². The van der Waals surface area contributed by atoms with Gasteiger partial charge in [-0.15, -0.1) is 0 Å². The highest BCUT2D eigenvalue weighted by Gasteiger charge is 2.30. The number of benzene rings is 2. The van der Waals surface area contributed by atoms with Crippen molar-refractivity contribution < 1.29 is 19.0 Å². The van der Waals surface area contributed by atoms with Crippen molar-refractivity contribution in [2.45, 2.75) is 6.92 Å². The van der Waals surface area contributed by atoms with E-state index in [1.165, 1.54) is 0 Å². The van der Waals surface area contributed by atoms with Gasteiger partial charge in [-0.05, 0) is 19.1 Å². The second-order valence-electron chi connectivity index (χ2n) is 4.60. The van der Waals surface area contributed by atoms with Crippen LogP contribution >= 0.6 is 46.4 Å². The largest absolute Gasteiger partial charge is 0.450 e. The van der Waals surface area contributed by atoms with Crippen molar-refractivity contribution in [2.75, 3.05) is 11.9 Å². The van der Waals surface area contributed by atoms with Crippen molar-refractivity contribution in [3.8, 4) is 23.0 Å². The molecule has 0 fully saturated rings. The molecule has 5 nitrogen and oxygen atoms in total. The molecule has 24 heavy (non-hydrogen) atoms. The van der Waals surface area contributed by atoms with E-state index in [4.69, 9.17) is 60.6 Å². The number of ether oxygens (including phenoxy) is 3. The fourth-order valence-electron chi connectivity index (χ4n) is 2.06. The minimum Gasteiger partial charge on any atom is -0.450 e. The van der Waals surface area contributed by atoms with E-state index < -0.39 is 6.09 Å². The molecule has 0 radical (unpaired) electrons. The second-order valence-corrected chi connectivity index (χ2v) is 6.11. The van der Waals surface area contributed by atoms with Gasteiger partial charge in [0, 0.05) is 0 Å². The first-order valence-corrected chi connectivity index (χ1v) is 8.23. The van der Waals surface area contributed by atoms with Gasteiger partial charge in [0.25, 0.3) is 0 Å². The van der Waals surface area contributed by atoms with E-state index >= 15 is 0 Å². The average molecular weight is 409 g/mol. The molecule has 0 saturated carbocycles. The monoisotopic (exact) mass is 407 g/mol. The summed E-state index contributed by atoms with van der Waals surface area (Å²) in [5.74, 6) is 0.834. The minimum atomic E-state index is -0.626. The molecule has 126 valence electrons. The summed E-state index contributed by atoms with van der Waals surface area (Å²) in [4.78, 5) is 11.6. The smallest absolute Gasteiger partial charge is 0.411 e. The molecule has 1 N–H and O–H groups in total. The van der Waals surface area contributed by atoms with Crippen LogP contribution in [0.4, 0.5) is 10.5 Å². The third-order valence-corrected chi connectivity index (χ3v) is 4.86. The topological polar surface area (TPSA) is 56.8 Å².